The summed E-state index contributed by atoms with van der Waals surface area (Å²) in [4.78, 5) is 0. The molecule has 0 aliphatic carbocycles. The zero-order valence-corrected chi connectivity index (χ0v) is 14.7. The van der Waals surface area contributed by atoms with E-state index in [1.54, 1.807) is 32.4 Å². The van der Waals surface area contributed by atoms with Crippen LogP contribution >= 0.6 is 12.2 Å². The third kappa shape index (κ3) is 4.35. The molecule has 0 aliphatic rings. The predicted octanol–water partition coefficient (Wildman–Crippen LogP) is 4.28. The summed E-state index contributed by atoms with van der Waals surface area (Å²) in [5, 5.41) is 6.45. The van der Waals surface area contributed by atoms with Crippen molar-refractivity contribution in [2.24, 2.45) is 0 Å². The second-order valence-corrected chi connectivity index (χ2v) is 5.56. The van der Waals surface area contributed by atoms with E-state index in [4.69, 9.17) is 21.7 Å². The average Bonchev–Trinajstić information content (AvgIpc) is 2.61. The minimum absolute atomic E-state index is 0.0309. The molecule has 2 rings (SSSR count). The van der Waals surface area contributed by atoms with Gasteiger partial charge in [-0.05, 0) is 48.5 Å². The van der Waals surface area contributed by atoms with Crippen LogP contribution in [0, 0.1) is 5.82 Å². The summed E-state index contributed by atoms with van der Waals surface area (Å²) >= 11 is 5.30. The molecule has 0 aliphatic heterocycles. The minimum atomic E-state index is -0.346. The van der Waals surface area contributed by atoms with E-state index in [2.05, 4.69) is 10.6 Å². The van der Waals surface area contributed by atoms with Crippen LogP contribution < -0.4 is 20.1 Å². The molecule has 1 unspecified atom stereocenters. The average molecular weight is 348 g/mol. The fraction of sp³-hybridized carbons (Fsp3) is 0.278. The molecule has 0 radical (unpaired) electrons. The van der Waals surface area contributed by atoms with Crippen LogP contribution in [0.15, 0.2) is 42.5 Å². The van der Waals surface area contributed by atoms with Crippen LogP contribution in [0.3, 0.4) is 0 Å². The van der Waals surface area contributed by atoms with Crippen LogP contribution in [0.1, 0.15) is 24.9 Å². The maximum atomic E-state index is 13.7. The summed E-state index contributed by atoms with van der Waals surface area (Å²) in [5.41, 5.74) is 1.35. The van der Waals surface area contributed by atoms with Gasteiger partial charge in [0.15, 0.2) is 16.6 Å². The maximum absolute atomic E-state index is 13.7. The molecule has 4 nitrogen and oxygen atoms in total. The lowest BCUT2D eigenvalue weighted by atomic mass is 10.0. The van der Waals surface area contributed by atoms with Gasteiger partial charge < -0.3 is 20.1 Å². The van der Waals surface area contributed by atoms with E-state index in [1.807, 2.05) is 25.1 Å². The molecule has 2 N–H and O–H groups in total. The number of methoxy groups -OCH3 is 2. The summed E-state index contributed by atoms with van der Waals surface area (Å²) in [6, 6.07) is 12.1. The Morgan fingerprint density at radius 2 is 1.83 bits per heavy atom. The molecule has 2 aromatic rings. The quantitative estimate of drug-likeness (QED) is 0.763. The highest BCUT2D eigenvalue weighted by Gasteiger charge is 2.14. The lowest BCUT2D eigenvalue weighted by Gasteiger charge is -2.21. The number of rotatable bonds is 6. The SMILES string of the molecule is CCC(NC(=S)Nc1ccccc1F)c1ccc(OC)c(OC)c1. The third-order valence-electron chi connectivity index (χ3n) is 3.65. The van der Waals surface area contributed by atoms with Crippen molar-refractivity contribution in [3.8, 4) is 11.5 Å². The molecule has 0 spiro atoms. The summed E-state index contributed by atoms with van der Waals surface area (Å²) in [6.45, 7) is 2.04. The molecule has 6 heteroatoms. The fourth-order valence-electron chi connectivity index (χ4n) is 2.37. The van der Waals surface area contributed by atoms with Gasteiger partial charge in [0, 0.05) is 0 Å². The molecule has 24 heavy (non-hydrogen) atoms. The Morgan fingerprint density at radius 1 is 1.12 bits per heavy atom. The van der Waals surface area contributed by atoms with Crippen molar-refractivity contribution in [3.05, 3.63) is 53.8 Å². The lowest BCUT2D eigenvalue weighted by molar-refractivity contribution is 0.354. The van der Waals surface area contributed by atoms with Gasteiger partial charge in [-0.2, -0.15) is 0 Å². The normalized spacial score (nSPS) is 11.5. The number of anilines is 1. The first-order valence-corrected chi connectivity index (χ1v) is 8.03. The highest BCUT2D eigenvalue weighted by atomic mass is 32.1. The number of halogens is 1. The number of ether oxygens (including phenoxy) is 2. The maximum Gasteiger partial charge on any atom is 0.171 e. The Kier molecular flexibility index (Phi) is 6.37. The van der Waals surface area contributed by atoms with Gasteiger partial charge in [-0.3, -0.25) is 0 Å². The topological polar surface area (TPSA) is 42.5 Å². The molecule has 0 heterocycles. The van der Waals surface area contributed by atoms with Crippen molar-refractivity contribution in [2.45, 2.75) is 19.4 Å². The number of thiocarbonyl (C=S) groups is 1. The summed E-state index contributed by atoms with van der Waals surface area (Å²) < 4.78 is 24.3. The van der Waals surface area contributed by atoms with Gasteiger partial charge in [-0.1, -0.05) is 25.1 Å². The predicted molar refractivity (Wildman–Crippen MR) is 98.3 cm³/mol. The van der Waals surface area contributed by atoms with Crippen molar-refractivity contribution >= 4 is 23.0 Å². The third-order valence-corrected chi connectivity index (χ3v) is 3.87. The van der Waals surface area contributed by atoms with Gasteiger partial charge in [0.25, 0.3) is 0 Å². The zero-order chi connectivity index (χ0) is 17.5. The number of para-hydroxylation sites is 1. The van der Waals surface area contributed by atoms with Crippen molar-refractivity contribution in [1.29, 1.82) is 0 Å². The largest absolute Gasteiger partial charge is 0.493 e. The van der Waals surface area contributed by atoms with Crippen LogP contribution in [0.2, 0.25) is 0 Å². The van der Waals surface area contributed by atoms with Gasteiger partial charge in [-0.25, -0.2) is 4.39 Å². The van der Waals surface area contributed by atoms with Crippen LogP contribution in [0.25, 0.3) is 0 Å². The highest BCUT2D eigenvalue weighted by Crippen LogP contribution is 2.30. The van der Waals surface area contributed by atoms with E-state index in [0.29, 0.717) is 22.3 Å². The van der Waals surface area contributed by atoms with Gasteiger partial charge >= 0.3 is 0 Å². The zero-order valence-electron chi connectivity index (χ0n) is 13.9. The second-order valence-electron chi connectivity index (χ2n) is 5.15. The first-order valence-electron chi connectivity index (χ1n) is 7.63. The molecule has 1 atom stereocenters. The smallest absolute Gasteiger partial charge is 0.171 e. The first kappa shape index (κ1) is 18.0. The minimum Gasteiger partial charge on any atom is -0.493 e. The molecular weight excluding hydrogens is 327 g/mol. The molecule has 0 saturated carbocycles. The Morgan fingerprint density at radius 3 is 2.46 bits per heavy atom. The molecule has 128 valence electrons. The molecule has 0 saturated heterocycles. The molecule has 0 fully saturated rings. The van der Waals surface area contributed by atoms with E-state index in [0.717, 1.165) is 12.0 Å². The van der Waals surface area contributed by atoms with Crippen LogP contribution in [0.4, 0.5) is 10.1 Å². The molecular formula is C18H21FN2O2S. The van der Waals surface area contributed by atoms with E-state index >= 15 is 0 Å². The number of hydrogen-bond acceptors (Lipinski definition) is 3. The Hall–Kier alpha value is -2.34. The van der Waals surface area contributed by atoms with Crippen molar-refractivity contribution in [2.75, 3.05) is 19.5 Å². The number of hydrogen-bond donors (Lipinski definition) is 2. The molecule has 0 aromatic heterocycles. The highest BCUT2D eigenvalue weighted by molar-refractivity contribution is 7.80. The van der Waals surface area contributed by atoms with Crippen LogP contribution in [-0.4, -0.2) is 19.3 Å². The Labute approximate surface area is 147 Å². The number of benzene rings is 2. The monoisotopic (exact) mass is 348 g/mol. The Bertz CT molecular complexity index is 709. The van der Waals surface area contributed by atoms with Crippen molar-refractivity contribution in [3.63, 3.8) is 0 Å². The fourth-order valence-corrected chi connectivity index (χ4v) is 2.62. The lowest BCUT2D eigenvalue weighted by Crippen LogP contribution is -2.32. The summed E-state index contributed by atoms with van der Waals surface area (Å²) in [5.74, 6) is 0.979. The number of nitrogens with one attached hydrogen (secondary N) is 2. The van der Waals surface area contributed by atoms with Gasteiger partial charge in [-0.15, -0.1) is 0 Å². The molecule has 0 amide bonds. The molecule has 0 bridgehead atoms. The summed E-state index contributed by atoms with van der Waals surface area (Å²) in [7, 11) is 3.20. The van der Waals surface area contributed by atoms with Gasteiger partial charge in [0.05, 0.1) is 25.9 Å². The van der Waals surface area contributed by atoms with Crippen molar-refractivity contribution in [1.82, 2.24) is 5.32 Å². The van der Waals surface area contributed by atoms with E-state index in [1.165, 1.54) is 6.07 Å². The standard InChI is InChI=1S/C18H21FN2O2S/c1-4-14(12-9-10-16(22-2)17(11-12)23-3)20-18(24)21-15-8-6-5-7-13(15)19/h5-11,14H,4H2,1-3H3,(H2,20,21,24). The van der Waals surface area contributed by atoms with E-state index in [-0.39, 0.29) is 11.9 Å². The second kappa shape index (κ2) is 8.49. The van der Waals surface area contributed by atoms with Gasteiger partial charge in [0.2, 0.25) is 0 Å². The van der Waals surface area contributed by atoms with E-state index < -0.39 is 0 Å². The van der Waals surface area contributed by atoms with E-state index in [9.17, 15) is 4.39 Å². The first-order chi connectivity index (χ1) is 11.6. The van der Waals surface area contributed by atoms with Crippen LogP contribution in [-0.2, 0) is 0 Å². The Balaban J connectivity index is 2.11. The van der Waals surface area contributed by atoms with Crippen LogP contribution in [0.5, 0.6) is 11.5 Å². The van der Waals surface area contributed by atoms with Gasteiger partial charge in [0.1, 0.15) is 5.82 Å². The van der Waals surface area contributed by atoms with Crippen molar-refractivity contribution < 1.29 is 13.9 Å². The molecule has 2 aromatic carbocycles. The summed E-state index contributed by atoms with van der Waals surface area (Å²) in [6.07, 6.45) is 0.800.